The zero-order chi connectivity index (χ0) is 26.3. The quantitative estimate of drug-likeness (QED) is 0.349. The molecule has 0 fully saturated rings. The third-order valence-electron chi connectivity index (χ3n) is 5.25. The maximum Gasteiger partial charge on any atom is 0.426 e. The number of anilines is 1. The maximum atomic E-state index is 13.7. The molecule has 10 heteroatoms. The lowest BCUT2D eigenvalue weighted by molar-refractivity contribution is 0.104. The van der Waals surface area contributed by atoms with E-state index in [9.17, 15) is 27.9 Å². The van der Waals surface area contributed by atoms with E-state index < -0.39 is 38.6 Å². The fraction of sp³-hybridized carbons (Fsp3) is 0.192. The summed E-state index contributed by atoms with van der Waals surface area (Å²) in [4.78, 5) is 39.3. The Balaban J connectivity index is 2.10. The van der Waals surface area contributed by atoms with Crippen molar-refractivity contribution in [3.63, 3.8) is 0 Å². The molecule has 1 amide bonds. The van der Waals surface area contributed by atoms with Gasteiger partial charge in [0.25, 0.3) is 5.56 Å². The predicted molar refractivity (Wildman–Crippen MR) is 141 cm³/mol. The first-order chi connectivity index (χ1) is 16.9. The van der Waals surface area contributed by atoms with Gasteiger partial charge in [-0.25, -0.2) is 13.2 Å². The Morgan fingerprint density at radius 1 is 0.944 bits per heavy atom. The van der Waals surface area contributed by atoms with Gasteiger partial charge in [-0.15, -0.1) is 0 Å². The van der Waals surface area contributed by atoms with E-state index in [0.717, 1.165) is 11.3 Å². The molecule has 186 valence electrons. The van der Waals surface area contributed by atoms with Crippen LogP contribution in [0.1, 0.15) is 36.7 Å². The van der Waals surface area contributed by atoms with Gasteiger partial charge in [0.15, 0.2) is 5.78 Å². The molecule has 0 radical (unpaired) electrons. The predicted octanol–water partition coefficient (Wildman–Crippen LogP) is 5.14. The minimum Gasteiger partial charge on any atom is -0.464 e. The molecule has 2 heterocycles. The first-order valence-corrected chi connectivity index (χ1v) is 13.4. The number of sulfonamides is 1. The van der Waals surface area contributed by atoms with E-state index in [1.165, 1.54) is 16.7 Å². The molecule has 0 spiro atoms. The van der Waals surface area contributed by atoms with Crippen LogP contribution >= 0.6 is 11.3 Å². The Morgan fingerprint density at radius 3 is 2.08 bits per heavy atom. The summed E-state index contributed by atoms with van der Waals surface area (Å²) in [6.45, 7) is 5.04. The molecule has 0 aliphatic heterocycles. The van der Waals surface area contributed by atoms with Crippen molar-refractivity contribution in [3.8, 4) is 5.69 Å². The van der Waals surface area contributed by atoms with Crippen molar-refractivity contribution in [3.05, 3.63) is 94.3 Å². The fourth-order valence-electron chi connectivity index (χ4n) is 3.93. The molecule has 4 rings (SSSR count). The van der Waals surface area contributed by atoms with Gasteiger partial charge in [-0.05, 0) is 23.6 Å². The zero-order valence-electron chi connectivity index (χ0n) is 19.8. The number of fused-ring (bicyclic) bond motifs is 1. The highest BCUT2D eigenvalue weighted by Crippen LogP contribution is 2.41. The van der Waals surface area contributed by atoms with E-state index in [2.05, 4.69) is 0 Å². The van der Waals surface area contributed by atoms with E-state index in [4.69, 9.17) is 0 Å². The summed E-state index contributed by atoms with van der Waals surface area (Å²) in [5.41, 5.74) is -0.488. The van der Waals surface area contributed by atoms with Crippen LogP contribution in [0.25, 0.3) is 15.9 Å². The minimum absolute atomic E-state index is 0.0919. The summed E-state index contributed by atoms with van der Waals surface area (Å²) >= 11 is 0.780. The lowest BCUT2D eigenvalue weighted by atomic mass is 10.0. The lowest BCUT2D eigenvalue weighted by Crippen LogP contribution is -2.40. The van der Waals surface area contributed by atoms with Crippen LogP contribution in [0.5, 0.6) is 0 Å². The minimum atomic E-state index is -4.40. The van der Waals surface area contributed by atoms with Crippen LogP contribution < -0.4 is 9.86 Å². The van der Waals surface area contributed by atoms with Gasteiger partial charge in [-0.3, -0.25) is 14.2 Å². The molecule has 8 nitrogen and oxygen atoms in total. The molecule has 0 aliphatic carbocycles. The van der Waals surface area contributed by atoms with Crippen molar-refractivity contribution >= 4 is 48.5 Å². The number of benzene rings is 2. The van der Waals surface area contributed by atoms with Crippen LogP contribution in [0.4, 0.5) is 9.80 Å². The van der Waals surface area contributed by atoms with Crippen LogP contribution in [0.15, 0.2) is 77.6 Å². The molecule has 0 bridgehead atoms. The molecule has 2 aromatic carbocycles. The van der Waals surface area contributed by atoms with Crippen molar-refractivity contribution < 1.29 is 23.1 Å². The molecule has 0 saturated heterocycles. The van der Waals surface area contributed by atoms with E-state index in [1.807, 2.05) is 0 Å². The highest BCUT2D eigenvalue weighted by atomic mass is 32.2. The third-order valence-corrected chi connectivity index (χ3v) is 8.67. The van der Waals surface area contributed by atoms with E-state index in [1.54, 1.807) is 81.4 Å². The summed E-state index contributed by atoms with van der Waals surface area (Å²) in [6.07, 6.45) is -1.73. The van der Waals surface area contributed by atoms with E-state index in [0.29, 0.717) is 5.69 Å². The number of carbonyl (C=O) groups excluding carboxylic acids is 1. The molecule has 0 aliphatic rings. The number of carbonyl (C=O) groups is 2. The number of nitrogens with zero attached hydrogens (tertiary/aromatic N) is 2. The van der Waals surface area contributed by atoms with Crippen molar-refractivity contribution in [1.82, 2.24) is 4.57 Å². The summed E-state index contributed by atoms with van der Waals surface area (Å²) in [5, 5.41) is 10.1. The van der Waals surface area contributed by atoms with Gasteiger partial charge in [-0.1, -0.05) is 80.6 Å². The Hall–Kier alpha value is -3.76. The molecule has 0 unspecified atom stereocenters. The molecule has 1 N–H and O–H groups in total. The van der Waals surface area contributed by atoms with Crippen molar-refractivity contribution in [2.24, 2.45) is 5.41 Å². The zero-order valence-corrected chi connectivity index (χ0v) is 21.5. The first kappa shape index (κ1) is 25.3. The van der Waals surface area contributed by atoms with Gasteiger partial charge in [0.1, 0.15) is 9.83 Å². The normalized spacial score (nSPS) is 12.0. The standard InChI is InChI=1S/C26H24N2O6S2/c1-26(2,3)16-36(33,34)28(25(31)32)24-21(22(30)17-10-6-4-7-11-17)19-14-15-20(29)27(23(19)35-24)18-12-8-5-9-13-18/h4-15H,16H2,1-3H3,(H,31,32). The fourth-order valence-corrected chi connectivity index (χ4v) is 7.40. The van der Waals surface area contributed by atoms with E-state index in [-0.39, 0.29) is 30.6 Å². The number of thiophene rings is 1. The third kappa shape index (κ3) is 4.82. The number of aromatic nitrogens is 1. The molecule has 0 atom stereocenters. The second kappa shape index (κ2) is 9.36. The molecular formula is C26H24N2O6S2. The Labute approximate surface area is 212 Å². The average Bonchev–Trinajstić information content (AvgIpc) is 3.15. The van der Waals surface area contributed by atoms with Gasteiger partial charge in [-0.2, -0.15) is 4.31 Å². The Morgan fingerprint density at radius 2 is 1.53 bits per heavy atom. The van der Waals surface area contributed by atoms with Crippen LogP contribution in [0.3, 0.4) is 0 Å². The topological polar surface area (TPSA) is 114 Å². The number of amides is 1. The number of rotatable bonds is 6. The van der Waals surface area contributed by atoms with Crippen LogP contribution in [-0.4, -0.2) is 35.7 Å². The molecule has 4 aromatic rings. The van der Waals surface area contributed by atoms with Gasteiger partial charge >= 0.3 is 6.09 Å². The monoisotopic (exact) mass is 524 g/mol. The molecule has 2 aromatic heterocycles. The smallest absolute Gasteiger partial charge is 0.426 e. The number of para-hydroxylation sites is 1. The molecule has 36 heavy (non-hydrogen) atoms. The van der Waals surface area contributed by atoms with Crippen molar-refractivity contribution in [2.75, 3.05) is 10.1 Å². The van der Waals surface area contributed by atoms with Gasteiger partial charge in [0, 0.05) is 17.0 Å². The highest BCUT2D eigenvalue weighted by Gasteiger charge is 2.38. The molecule has 0 saturated carbocycles. The Kier molecular flexibility index (Phi) is 6.59. The second-order valence-corrected chi connectivity index (χ2v) is 12.2. The number of ketones is 1. The molecular weight excluding hydrogens is 500 g/mol. The van der Waals surface area contributed by atoms with Crippen LogP contribution in [0.2, 0.25) is 0 Å². The number of carboxylic acid groups (broad SMARTS) is 1. The van der Waals surface area contributed by atoms with E-state index >= 15 is 0 Å². The number of hydrogen-bond donors (Lipinski definition) is 1. The summed E-state index contributed by atoms with van der Waals surface area (Å²) < 4.78 is 28.4. The van der Waals surface area contributed by atoms with Gasteiger partial charge in [0.05, 0.1) is 17.0 Å². The summed E-state index contributed by atoms with van der Waals surface area (Å²) in [7, 11) is -4.40. The highest BCUT2D eigenvalue weighted by molar-refractivity contribution is 7.93. The largest absolute Gasteiger partial charge is 0.464 e. The van der Waals surface area contributed by atoms with Gasteiger partial charge in [0.2, 0.25) is 10.0 Å². The maximum absolute atomic E-state index is 13.7. The first-order valence-electron chi connectivity index (χ1n) is 11.0. The Bertz CT molecular complexity index is 1620. The average molecular weight is 525 g/mol. The van der Waals surface area contributed by atoms with Crippen LogP contribution in [-0.2, 0) is 10.0 Å². The summed E-state index contributed by atoms with van der Waals surface area (Å²) in [5.74, 6) is -1.02. The van der Waals surface area contributed by atoms with Crippen LogP contribution in [0, 0.1) is 5.41 Å². The second-order valence-electron chi connectivity index (χ2n) is 9.40. The van der Waals surface area contributed by atoms with Gasteiger partial charge < -0.3 is 5.11 Å². The summed E-state index contributed by atoms with van der Waals surface area (Å²) in [6, 6.07) is 19.6. The lowest BCUT2D eigenvalue weighted by Gasteiger charge is -2.24. The number of hydrogen-bond acceptors (Lipinski definition) is 6. The van der Waals surface area contributed by atoms with Crippen molar-refractivity contribution in [1.29, 1.82) is 0 Å². The SMILES string of the molecule is CC(C)(C)CS(=O)(=O)N(C(=O)O)c1sc2c(ccc(=O)n2-c2ccccc2)c1C(=O)c1ccccc1. The van der Waals surface area contributed by atoms with Crippen molar-refractivity contribution in [2.45, 2.75) is 20.8 Å². The number of pyridine rings is 1.